The van der Waals surface area contributed by atoms with Crippen molar-refractivity contribution in [1.82, 2.24) is 4.98 Å². The highest BCUT2D eigenvalue weighted by Crippen LogP contribution is 2.25. The molecule has 0 aliphatic carbocycles. The molecule has 1 N–H and O–H groups in total. The van der Waals surface area contributed by atoms with Crippen LogP contribution in [-0.2, 0) is 10.0 Å². The largest absolute Gasteiger partial charge is 0.264 e. The van der Waals surface area contributed by atoms with Crippen molar-refractivity contribution in [3.8, 4) is 6.07 Å². The van der Waals surface area contributed by atoms with Crippen LogP contribution in [0.5, 0.6) is 0 Å². The Balaban J connectivity index is 2.42. The van der Waals surface area contributed by atoms with Gasteiger partial charge >= 0.3 is 0 Å². The predicted octanol–water partition coefficient (Wildman–Crippen LogP) is 2.72. The minimum Gasteiger partial charge on any atom is -0.263 e. The fourth-order valence-corrected chi connectivity index (χ4v) is 3.19. The summed E-state index contributed by atoms with van der Waals surface area (Å²) in [5.41, 5.74) is 0.990. The number of nitrogens with zero attached hydrogens (tertiary/aromatic N) is 2. The SMILES string of the molecule is Cc1cccnc1NS(=O)(=O)c1ccc(C#N)cc1Cl. The summed E-state index contributed by atoms with van der Waals surface area (Å²) >= 11 is 5.91. The fourth-order valence-electron chi connectivity index (χ4n) is 1.56. The summed E-state index contributed by atoms with van der Waals surface area (Å²) in [6.45, 7) is 1.74. The molecule has 2 rings (SSSR count). The molecule has 0 spiro atoms. The molecule has 0 atom stereocenters. The number of aromatic nitrogens is 1. The Kier molecular flexibility index (Phi) is 3.93. The van der Waals surface area contributed by atoms with Gasteiger partial charge in [0.05, 0.1) is 16.7 Å². The van der Waals surface area contributed by atoms with Crippen LogP contribution < -0.4 is 4.72 Å². The average molecular weight is 308 g/mol. The van der Waals surface area contributed by atoms with Gasteiger partial charge in [-0.3, -0.25) is 4.72 Å². The van der Waals surface area contributed by atoms with Crippen molar-refractivity contribution < 1.29 is 8.42 Å². The molecule has 1 heterocycles. The molecule has 7 heteroatoms. The Hall–Kier alpha value is -2.10. The number of nitriles is 1. The van der Waals surface area contributed by atoms with Gasteiger partial charge in [0, 0.05) is 6.20 Å². The number of hydrogen-bond donors (Lipinski definition) is 1. The Morgan fingerprint density at radius 2 is 2.10 bits per heavy atom. The van der Waals surface area contributed by atoms with Gasteiger partial charge in [-0.05, 0) is 36.8 Å². The predicted molar refractivity (Wildman–Crippen MR) is 75.9 cm³/mol. The van der Waals surface area contributed by atoms with Crippen molar-refractivity contribution in [3.05, 3.63) is 52.7 Å². The van der Waals surface area contributed by atoms with Crippen LogP contribution in [0.3, 0.4) is 0 Å². The molecule has 0 aliphatic rings. The summed E-state index contributed by atoms with van der Waals surface area (Å²) in [5.74, 6) is 0.243. The lowest BCUT2D eigenvalue weighted by molar-refractivity contribution is 0.601. The fraction of sp³-hybridized carbons (Fsp3) is 0.0769. The highest BCUT2D eigenvalue weighted by Gasteiger charge is 2.19. The van der Waals surface area contributed by atoms with E-state index in [0.717, 1.165) is 0 Å². The number of rotatable bonds is 3. The topological polar surface area (TPSA) is 82.8 Å². The molecule has 0 saturated carbocycles. The van der Waals surface area contributed by atoms with Crippen LogP contribution in [0.15, 0.2) is 41.4 Å². The van der Waals surface area contributed by atoms with E-state index < -0.39 is 10.0 Å². The molecule has 0 bridgehead atoms. The Labute approximate surface area is 121 Å². The number of halogens is 1. The smallest absolute Gasteiger partial charge is 0.263 e. The quantitative estimate of drug-likeness (QED) is 0.945. The van der Waals surface area contributed by atoms with Crippen molar-refractivity contribution >= 4 is 27.4 Å². The van der Waals surface area contributed by atoms with Crippen LogP contribution in [0.25, 0.3) is 0 Å². The zero-order valence-electron chi connectivity index (χ0n) is 10.5. The molecule has 1 aromatic heterocycles. The van der Waals surface area contributed by atoms with Gasteiger partial charge in [0.15, 0.2) is 0 Å². The first-order valence-corrected chi connectivity index (χ1v) is 7.44. The Bertz CT molecular complexity index is 798. The summed E-state index contributed by atoms with van der Waals surface area (Å²) in [6.07, 6.45) is 1.49. The highest BCUT2D eigenvalue weighted by atomic mass is 35.5. The van der Waals surface area contributed by atoms with E-state index in [1.807, 2.05) is 6.07 Å². The molecule has 0 unspecified atom stereocenters. The molecule has 0 saturated heterocycles. The van der Waals surface area contributed by atoms with Crippen molar-refractivity contribution in [2.24, 2.45) is 0 Å². The maximum atomic E-state index is 12.3. The van der Waals surface area contributed by atoms with E-state index in [0.29, 0.717) is 11.1 Å². The second-order valence-corrected chi connectivity index (χ2v) is 6.09. The van der Waals surface area contributed by atoms with Gasteiger partial charge in [0.25, 0.3) is 10.0 Å². The number of nitrogens with one attached hydrogen (secondary N) is 1. The van der Waals surface area contributed by atoms with Gasteiger partial charge in [-0.2, -0.15) is 5.26 Å². The zero-order valence-corrected chi connectivity index (χ0v) is 12.0. The first-order chi connectivity index (χ1) is 9.44. The third kappa shape index (κ3) is 2.90. The third-order valence-electron chi connectivity index (χ3n) is 2.59. The normalized spacial score (nSPS) is 10.8. The molecule has 0 aliphatic heterocycles. The van der Waals surface area contributed by atoms with Crippen molar-refractivity contribution in [3.63, 3.8) is 0 Å². The standard InChI is InChI=1S/C13H10ClN3O2S/c1-9-3-2-6-16-13(9)17-20(18,19)12-5-4-10(8-15)7-11(12)14/h2-7H,1H3,(H,16,17). The Morgan fingerprint density at radius 3 is 2.70 bits per heavy atom. The highest BCUT2D eigenvalue weighted by molar-refractivity contribution is 7.92. The first kappa shape index (κ1) is 14.3. The van der Waals surface area contributed by atoms with Gasteiger partial charge in [0.2, 0.25) is 0 Å². The van der Waals surface area contributed by atoms with Crippen LogP contribution in [0, 0.1) is 18.3 Å². The number of hydrogen-bond acceptors (Lipinski definition) is 4. The molecule has 1 aromatic carbocycles. The summed E-state index contributed by atoms with van der Waals surface area (Å²) in [7, 11) is -3.85. The lowest BCUT2D eigenvalue weighted by Gasteiger charge is -2.10. The van der Waals surface area contributed by atoms with Crippen LogP contribution in [0.4, 0.5) is 5.82 Å². The van der Waals surface area contributed by atoms with E-state index in [4.69, 9.17) is 16.9 Å². The lowest BCUT2D eigenvalue weighted by atomic mass is 10.2. The van der Waals surface area contributed by atoms with Crippen LogP contribution >= 0.6 is 11.6 Å². The molecule has 0 radical (unpaired) electrons. The van der Waals surface area contributed by atoms with Crippen LogP contribution in [0.2, 0.25) is 5.02 Å². The van der Waals surface area contributed by atoms with Crippen molar-refractivity contribution in [2.75, 3.05) is 4.72 Å². The lowest BCUT2D eigenvalue weighted by Crippen LogP contribution is -2.15. The van der Waals surface area contributed by atoms with Crippen molar-refractivity contribution in [1.29, 1.82) is 5.26 Å². The van der Waals surface area contributed by atoms with Gasteiger partial charge < -0.3 is 0 Å². The molecule has 20 heavy (non-hydrogen) atoms. The molecule has 5 nitrogen and oxygen atoms in total. The van der Waals surface area contributed by atoms with E-state index in [2.05, 4.69) is 9.71 Å². The summed E-state index contributed by atoms with van der Waals surface area (Å²) < 4.78 is 26.9. The van der Waals surface area contributed by atoms with E-state index in [-0.39, 0.29) is 15.7 Å². The van der Waals surface area contributed by atoms with Gasteiger partial charge in [-0.15, -0.1) is 0 Å². The molecule has 0 fully saturated rings. The number of benzene rings is 1. The first-order valence-electron chi connectivity index (χ1n) is 5.58. The minimum atomic E-state index is -3.85. The second kappa shape index (κ2) is 5.49. The number of pyridine rings is 1. The van der Waals surface area contributed by atoms with Gasteiger partial charge in [-0.25, -0.2) is 13.4 Å². The average Bonchev–Trinajstić information content (AvgIpc) is 2.40. The monoisotopic (exact) mass is 307 g/mol. The van der Waals surface area contributed by atoms with Gasteiger partial charge in [0.1, 0.15) is 10.7 Å². The molecule has 2 aromatic rings. The zero-order chi connectivity index (χ0) is 14.8. The number of anilines is 1. The summed E-state index contributed by atoms with van der Waals surface area (Å²) in [6, 6.07) is 9.34. The van der Waals surface area contributed by atoms with Crippen LogP contribution in [0.1, 0.15) is 11.1 Å². The van der Waals surface area contributed by atoms with Crippen molar-refractivity contribution in [2.45, 2.75) is 11.8 Å². The summed E-state index contributed by atoms with van der Waals surface area (Å²) in [5, 5.41) is 8.73. The molecular formula is C13H10ClN3O2S. The third-order valence-corrected chi connectivity index (χ3v) is 4.41. The van der Waals surface area contributed by atoms with E-state index >= 15 is 0 Å². The molecule has 102 valence electrons. The molecule has 0 amide bonds. The summed E-state index contributed by atoms with van der Waals surface area (Å²) in [4.78, 5) is 3.87. The number of aryl methyl sites for hydroxylation is 1. The van der Waals surface area contributed by atoms with Crippen LogP contribution in [-0.4, -0.2) is 13.4 Å². The Morgan fingerprint density at radius 1 is 1.35 bits per heavy atom. The molecular weight excluding hydrogens is 298 g/mol. The van der Waals surface area contributed by atoms with E-state index in [1.54, 1.807) is 19.1 Å². The number of sulfonamides is 1. The maximum Gasteiger partial charge on any atom is 0.264 e. The van der Waals surface area contributed by atoms with Gasteiger partial charge in [-0.1, -0.05) is 17.7 Å². The van der Waals surface area contributed by atoms with E-state index in [1.165, 1.54) is 24.4 Å². The van der Waals surface area contributed by atoms with E-state index in [9.17, 15) is 8.42 Å². The maximum absolute atomic E-state index is 12.3. The minimum absolute atomic E-state index is 0.00914. The second-order valence-electron chi connectivity index (χ2n) is 4.03.